The molecule has 0 unspecified atom stereocenters. The average molecular weight is 1480 g/mol. The Balaban J connectivity index is 1.91. The summed E-state index contributed by atoms with van der Waals surface area (Å²) < 4.78 is 0. The van der Waals surface area contributed by atoms with Gasteiger partial charge in [0.2, 0.25) is 76.8 Å². The Hall–Kier alpha value is -10.9. The van der Waals surface area contributed by atoms with E-state index in [9.17, 15) is 97.1 Å². The molecule has 1 saturated carbocycles. The Morgan fingerprint density at radius 2 is 0.981 bits per heavy atom. The average Bonchev–Trinajstić information content (AvgIpc) is 1.70. The molecule has 0 radical (unpaired) electrons. The van der Waals surface area contributed by atoms with E-state index in [0.717, 1.165) is 26.2 Å². The molecule has 39 heteroatoms. The monoisotopic (exact) mass is 1480 g/mol. The van der Waals surface area contributed by atoms with Crippen molar-refractivity contribution in [2.24, 2.45) is 51.4 Å². The van der Waals surface area contributed by atoms with E-state index < -0.39 is 218 Å². The number of hydrogen-bond donors (Lipinski definition) is 21. The summed E-state index contributed by atoms with van der Waals surface area (Å²) in [5, 5.41) is 65.7. The summed E-state index contributed by atoms with van der Waals surface area (Å²) >= 11 is 0. The number of aliphatic carboxylic acids is 3. The van der Waals surface area contributed by atoms with Crippen molar-refractivity contribution in [3.05, 3.63) is 54.1 Å². The molecule has 1 aliphatic rings. The van der Waals surface area contributed by atoms with Gasteiger partial charge in [-0.3, -0.25) is 81.7 Å². The summed E-state index contributed by atoms with van der Waals surface area (Å²) in [6, 6.07) is -11.3. The molecule has 2 aromatic rings. The van der Waals surface area contributed by atoms with Gasteiger partial charge in [-0.05, 0) is 68.8 Å². The fraction of sp³-hybridized carbons (Fsp3) is 0.606. The third kappa shape index (κ3) is 33.0. The van der Waals surface area contributed by atoms with Gasteiger partial charge in [0.05, 0.1) is 31.8 Å². The Morgan fingerprint density at radius 1 is 0.524 bits per heavy atom. The third-order valence-electron chi connectivity index (χ3n) is 17.1. The lowest BCUT2D eigenvalue weighted by Crippen LogP contribution is -2.61. The van der Waals surface area contributed by atoms with E-state index in [2.05, 4.69) is 73.4 Å². The molecule has 26 N–H and O–H groups in total. The van der Waals surface area contributed by atoms with Crippen LogP contribution in [0.25, 0.3) is 0 Å². The molecule has 105 heavy (non-hydrogen) atoms. The Labute approximate surface area is 605 Å². The highest BCUT2D eigenvalue weighted by Gasteiger charge is 2.39. The number of aliphatic hydroxyl groups excluding tert-OH is 1. The molecule has 13 atom stereocenters. The first-order valence-corrected chi connectivity index (χ1v) is 34.5. The van der Waals surface area contributed by atoms with E-state index in [1.54, 1.807) is 58.0 Å². The highest BCUT2D eigenvalue weighted by atomic mass is 16.4. The van der Waals surface area contributed by atoms with Crippen molar-refractivity contribution in [2.45, 2.75) is 223 Å². The second-order valence-electron chi connectivity index (χ2n) is 26.3. The number of nitrogens with one attached hydrogen (secondary N) is 12. The summed E-state index contributed by atoms with van der Waals surface area (Å²) in [4.78, 5) is 226. The van der Waals surface area contributed by atoms with Crippen LogP contribution >= 0.6 is 0 Å². The van der Waals surface area contributed by atoms with Crippen LogP contribution in [0.4, 0.5) is 0 Å². The molecular weight excluding hydrogens is 1380 g/mol. The van der Waals surface area contributed by atoms with Crippen LogP contribution < -0.4 is 87.2 Å². The SMILES string of the molecule is CC[C@H](C)[C@H](N)C(=O)N[C@@H](CO)C(=O)N[C@@H](CCC(=O)O)C(=O)N[C@@H](CC1CCCCC1)C(=O)N[C@@H](CC(N)=O)C(=O)N[C@@H](CC(C)C)C(=O)N[C@@H](CC(=O)O)C(=O)N[C@@H](C)C(=O)N[C@@H](CCC(=O)O)C(=O)N[C@@H](Cc1ccccc1)C(=O)N[C@@H](CCCN=C(N)N)C(=O)N[C@@H](Cc1cnc[nH]1)C(N)=O. The Morgan fingerprint density at radius 3 is 1.49 bits per heavy atom. The number of guanidine groups is 1. The number of amides is 13. The van der Waals surface area contributed by atoms with Crippen molar-refractivity contribution in [1.82, 2.24) is 68.5 Å². The Kier molecular flexibility index (Phi) is 38.1. The van der Waals surface area contributed by atoms with Crippen LogP contribution in [-0.2, 0) is 89.6 Å². The van der Waals surface area contributed by atoms with Crippen LogP contribution in [0.1, 0.15) is 149 Å². The third-order valence-corrected chi connectivity index (χ3v) is 17.1. The molecular formula is C66H103N19O20. The minimum Gasteiger partial charge on any atom is -0.481 e. The quantitative estimate of drug-likeness (QED) is 0.0167. The number of H-pyrrole nitrogens is 1. The van der Waals surface area contributed by atoms with Crippen molar-refractivity contribution in [3.8, 4) is 0 Å². The van der Waals surface area contributed by atoms with Crippen molar-refractivity contribution >= 4 is 101 Å². The lowest BCUT2D eigenvalue weighted by atomic mass is 9.84. The number of rotatable bonds is 48. The predicted molar refractivity (Wildman–Crippen MR) is 373 cm³/mol. The smallest absolute Gasteiger partial charge is 0.305 e. The van der Waals surface area contributed by atoms with Gasteiger partial charge in [0.25, 0.3) is 0 Å². The van der Waals surface area contributed by atoms with Gasteiger partial charge in [0.15, 0.2) is 5.96 Å². The second kappa shape index (κ2) is 45.3. The number of imidazole rings is 1. The zero-order valence-corrected chi connectivity index (χ0v) is 59.4. The fourth-order valence-electron chi connectivity index (χ4n) is 11.1. The normalized spacial score (nSPS) is 15.8. The standard InChI is InChI=1S/C66H103N19O20/c1-6-34(4)53(68)65(105)85-48(31-86)64(104)78-41(20-22-51(90)91)58(98)82-45(26-37-16-11-8-12-17-37)62(102)83-46(28-49(67)87)63(103)80-43(24-33(2)3)60(100)84-47(29-52(92)93)59(99)75-35(5)55(95)76-40(19-21-50(88)89)57(97)81-44(25-36-14-9-7-10-15-36)61(101)77-39(18-13-23-73-66(70)71)56(96)79-42(54(69)94)27-38-30-72-32-74-38/h7,9-10,14-15,30,32-35,37,39-48,53,86H,6,8,11-13,16-29,31,68H2,1-5H3,(H2,67,87)(H2,69,94)(H,72,74)(H,75,99)(H,76,95)(H,77,101)(H,78,104)(H,79,96)(H,80,103)(H,81,97)(H,82,98)(H,83,102)(H,84,100)(H,85,105)(H,88,89)(H,90,91)(H,92,93)(H4,70,71,73)/t34-,35-,39-,40-,41-,42-,43-,44-,45-,46-,47-,48-,53-/m0/s1. The number of benzene rings is 1. The second-order valence-corrected chi connectivity index (χ2v) is 26.3. The molecule has 1 aromatic heterocycles. The molecule has 1 fully saturated rings. The van der Waals surface area contributed by atoms with Crippen molar-refractivity contribution < 1.29 is 97.1 Å². The van der Waals surface area contributed by atoms with Crippen molar-refractivity contribution in [2.75, 3.05) is 13.2 Å². The van der Waals surface area contributed by atoms with Gasteiger partial charge >= 0.3 is 17.9 Å². The number of aromatic nitrogens is 2. The van der Waals surface area contributed by atoms with E-state index in [1.807, 2.05) is 0 Å². The maximum absolute atomic E-state index is 14.5. The first-order chi connectivity index (χ1) is 49.5. The van der Waals surface area contributed by atoms with Crippen LogP contribution in [-0.4, -0.2) is 217 Å². The van der Waals surface area contributed by atoms with Gasteiger partial charge in [-0.1, -0.05) is 96.6 Å². The summed E-state index contributed by atoms with van der Waals surface area (Å²) in [6.07, 6.45) is 1.28. The number of aliphatic imine (C=N–C) groups is 1. The summed E-state index contributed by atoms with van der Waals surface area (Å²) in [5.74, 6) is -19.8. The number of primary amides is 2. The molecule has 0 bridgehead atoms. The number of hydrogen-bond acceptors (Lipinski definition) is 20. The number of nitrogens with two attached hydrogens (primary N) is 5. The van der Waals surface area contributed by atoms with Gasteiger partial charge in [0, 0.05) is 44.1 Å². The van der Waals surface area contributed by atoms with E-state index in [1.165, 1.54) is 12.5 Å². The molecule has 0 saturated heterocycles. The number of carboxylic acids is 3. The number of carbonyl (C=O) groups is 16. The number of nitrogens with zero attached hydrogens (tertiary/aromatic N) is 2. The number of aromatic amines is 1. The summed E-state index contributed by atoms with van der Waals surface area (Å²) in [7, 11) is 0. The first kappa shape index (κ1) is 88.4. The number of aliphatic hydroxyl groups is 1. The first-order valence-electron chi connectivity index (χ1n) is 34.5. The van der Waals surface area contributed by atoms with Crippen LogP contribution in [0.5, 0.6) is 0 Å². The highest BCUT2D eigenvalue weighted by molar-refractivity contribution is 6.01. The van der Waals surface area contributed by atoms with E-state index in [0.29, 0.717) is 30.5 Å². The minimum atomic E-state index is -2.04. The van der Waals surface area contributed by atoms with Crippen LogP contribution in [0.3, 0.4) is 0 Å². The van der Waals surface area contributed by atoms with E-state index in [-0.39, 0.29) is 62.9 Å². The zero-order valence-electron chi connectivity index (χ0n) is 59.4. The summed E-state index contributed by atoms with van der Waals surface area (Å²) in [5.41, 5.74) is 29.1. The lowest BCUT2D eigenvalue weighted by molar-refractivity contribution is -0.142. The molecule has 582 valence electrons. The number of carbonyl (C=O) groups excluding carboxylic acids is 13. The Bertz CT molecular complexity index is 3330. The van der Waals surface area contributed by atoms with Gasteiger partial charge in [0.1, 0.15) is 66.5 Å². The zero-order chi connectivity index (χ0) is 78.6. The molecule has 0 aliphatic heterocycles. The molecule has 1 heterocycles. The topological polar surface area (TPSA) is 658 Å². The largest absolute Gasteiger partial charge is 0.481 e. The molecule has 1 aromatic carbocycles. The van der Waals surface area contributed by atoms with E-state index >= 15 is 0 Å². The van der Waals surface area contributed by atoms with Gasteiger partial charge < -0.3 is 113 Å². The fourth-order valence-corrected chi connectivity index (χ4v) is 11.1. The van der Waals surface area contributed by atoms with Crippen LogP contribution in [0, 0.1) is 17.8 Å². The van der Waals surface area contributed by atoms with Crippen molar-refractivity contribution in [3.63, 3.8) is 0 Å². The maximum atomic E-state index is 14.5. The molecule has 3 rings (SSSR count). The summed E-state index contributed by atoms with van der Waals surface area (Å²) in [6.45, 7) is 6.78. The van der Waals surface area contributed by atoms with E-state index in [4.69, 9.17) is 28.7 Å². The van der Waals surface area contributed by atoms with Gasteiger partial charge in [-0.15, -0.1) is 0 Å². The molecule has 0 spiro atoms. The predicted octanol–water partition coefficient (Wildman–Crippen LogP) is -5.45. The minimum absolute atomic E-state index is 0.00890. The van der Waals surface area contributed by atoms with Crippen LogP contribution in [0.15, 0.2) is 47.8 Å². The maximum Gasteiger partial charge on any atom is 0.305 e. The van der Waals surface area contributed by atoms with Gasteiger partial charge in [-0.25, -0.2) is 4.98 Å². The van der Waals surface area contributed by atoms with Crippen molar-refractivity contribution in [1.29, 1.82) is 0 Å². The highest BCUT2D eigenvalue weighted by Crippen LogP contribution is 2.28. The molecule has 39 nitrogen and oxygen atoms in total. The lowest BCUT2D eigenvalue weighted by Gasteiger charge is -2.30. The number of carboxylic acid groups (broad SMARTS) is 3. The van der Waals surface area contributed by atoms with Crippen LogP contribution in [0.2, 0.25) is 0 Å². The van der Waals surface area contributed by atoms with Gasteiger partial charge in [-0.2, -0.15) is 0 Å². The molecule has 1 aliphatic carbocycles. The molecule has 13 amide bonds.